The van der Waals surface area contributed by atoms with Crippen LogP contribution in [0.1, 0.15) is 32.6 Å². The summed E-state index contributed by atoms with van der Waals surface area (Å²) in [7, 11) is 0. The van der Waals surface area contributed by atoms with E-state index < -0.39 is 0 Å². The maximum absolute atomic E-state index is 12.6. The number of amides is 1. The van der Waals surface area contributed by atoms with Gasteiger partial charge in [-0.1, -0.05) is 19.1 Å². The summed E-state index contributed by atoms with van der Waals surface area (Å²) in [6, 6.07) is 7.25. The highest BCUT2D eigenvalue weighted by atomic mass is 32.1. The van der Waals surface area contributed by atoms with Crippen molar-refractivity contribution in [1.82, 2.24) is 14.9 Å². The van der Waals surface area contributed by atoms with Crippen LogP contribution in [-0.4, -0.2) is 34.2 Å². The summed E-state index contributed by atoms with van der Waals surface area (Å²) in [6.45, 7) is 3.06. The topological polar surface area (TPSA) is 76.1 Å². The molecule has 7 heteroatoms. The third-order valence-corrected chi connectivity index (χ3v) is 4.97. The van der Waals surface area contributed by atoms with E-state index >= 15 is 0 Å². The minimum absolute atomic E-state index is 0.0258. The van der Waals surface area contributed by atoms with Gasteiger partial charge in [0.2, 0.25) is 5.91 Å². The molecule has 0 aliphatic carbocycles. The predicted octanol–water partition coefficient (Wildman–Crippen LogP) is 2.52. The lowest BCUT2D eigenvalue weighted by atomic mass is 10.1. The lowest BCUT2D eigenvalue weighted by molar-refractivity contribution is -0.123. The number of carbonyl (C=O) groups excluding carboxylic acids is 1. The zero-order chi connectivity index (χ0) is 17.8. The zero-order valence-corrected chi connectivity index (χ0v) is 15.1. The first-order chi connectivity index (χ1) is 12.1. The molecular weight excluding hydrogens is 338 g/mol. The minimum Gasteiger partial charge on any atom is -0.376 e. The number of rotatable bonds is 6. The Morgan fingerprint density at radius 2 is 2.28 bits per heavy atom. The van der Waals surface area contributed by atoms with Crippen molar-refractivity contribution in [3.8, 4) is 0 Å². The molecule has 2 N–H and O–H groups in total. The number of hydrogen-bond acceptors (Lipinski definition) is 4. The first-order valence-corrected chi connectivity index (χ1v) is 9.13. The maximum atomic E-state index is 12.6. The monoisotopic (exact) mass is 361 g/mol. The fourth-order valence-electron chi connectivity index (χ4n) is 3.27. The van der Waals surface area contributed by atoms with Crippen molar-refractivity contribution in [1.29, 1.82) is 0 Å². The largest absolute Gasteiger partial charge is 0.376 e. The molecule has 0 bridgehead atoms. The number of ether oxygens (including phenoxy) is 1. The summed E-state index contributed by atoms with van der Waals surface area (Å²) in [5.74, 6) is -0.0863. The molecule has 2 atom stereocenters. The number of nitrogens with zero attached hydrogens (tertiary/aromatic N) is 1. The molecule has 25 heavy (non-hydrogen) atoms. The number of fused-ring (bicyclic) bond motifs is 1. The molecule has 6 nitrogen and oxygen atoms in total. The third-order valence-electron chi connectivity index (χ3n) is 4.65. The number of carbonyl (C=O) groups is 1. The summed E-state index contributed by atoms with van der Waals surface area (Å²) in [4.78, 5) is 27.9. The van der Waals surface area contributed by atoms with E-state index in [0.717, 1.165) is 25.9 Å². The minimum atomic E-state index is -0.168. The molecule has 0 spiro atoms. The summed E-state index contributed by atoms with van der Waals surface area (Å²) >= 11 is 5.27. The van der Waals surface area contributed by atoms with Gasteiger partial charge in [0.05, 0.1) is 23.0 Å². The Bertz CT molecular complexity index is 868. The van der Waals surface area contributed by atoms with Crippen molar-refractivity contribution in [2.75, 3.05) is 6.61 Å². The Hall–Kier alpha value is -1.99. The normalized spacial score (nSPS) is 18.4. The number of aromatic nitrogens is 2. The van der Waals surface area contributed by atoms with Gasteiger partial charge in [0.15, 0.2) is 4.77 Å². The van der Waals surface area contributed by atoms with Crippen LogP contribution in [0.2, 0.25) is 0 Å². The number of nitrogens with one attached hydrogen (secondary N) is 2. The number of H-pyrrole nitrogens is 1. The van der Waals surface area contributed by atoms with E-state index in [0.29, 0.717) is 15.7 Å². The molecule has 134 valence electrons. The van der Waals surface area contributed by atoms with Crippen molar-refractivity contribution in [2.45, 2.75) is 51.3 Å². The molecule has 1 saturated heterocycles. The van der Waals surface area contributed by atoms with Crippen LogP contribution in [0.3, 0.4) is 0 Å². The Kier molecular flexibility index (Phi) is 5.65. The smallest absolute Gasteiger partial charge is 0.262 e. The summed E-state index contributed by atoms with van der Waals surface area (Å²) in [5, 5.41) is 3.60. The average Bonchev–Trinajstić information content (AvgIpc) is 3.14. The van der Waals surface area contributed by atoms with Crippen molar-refractivity contribution in [3.05, 3.63) is 39.4 Å². The first kappa shape index (κ1) is 17.8. The van der Waals surface area contributed by atoms with Crippen LogP contribution in [0.5, 0.6) is 0 Å². The molecule has 1 aliphatic heterocycles. The van der Waals surface area contributed by atoms with Gasteiger partial charge < -0.3 is 15.0 Å². The van der Waals surface area contributed by atoms with E-state index in [1.54, 1.807) is 6.07 Å². The van der Waals surface area contributed by atoms with Gasteiger partial charge in [0.25, 0.3) is 5.56 Å². The van der Waals surface area contributed by atoms with Gasteiger partial charge in [-0.3, -0.25) is 14.2 Å². The SMILES string of the molecule is CCC(NC(=O)CCn1c(=S)[nH]c2ccccc2c1=O)C1CCCO1. The number of para-hydroxylation sites is 1. The maximum Gasteiger partial charge on any atom is 0.262 e. The molecule has 2 unspecified atom stereocenters. The molecule has 0 radical (unpaired) electrons. The van der Waals surface area contributed by atoms with E-state index in [2.05, 4.69) is 10.3 Å². The second-order valence-corrected chi connectivity index (χ2v) is 6.70. The van der Waals surface area contributed by atoms with E-state index in [4.69, 9.17) is 17.0 Å². The second-order valence-electron chi connectivity index (χ2n) is 6.32. The number of aromatic amines is 1. The fraction of sp³-hybridized carbons (Fsp3) is 0.500. The number of hydrogen-bond donors (Lipinski definition) is 2. The highest BCUT2D eigenvalue weighted by molar-refractivity contribution is 7.71. The second kappa shape index (κ2) is 7.93. The van der Waals surface area contributed by atoms with Gasteiger partial charge in [-0.25, -0.2) is 0 Å². The summed E-state index contributed by atoms with van der Waals surface area (Å²) in [6.07, 6.45) is 3.15. The Morgan fingerprint density at radius 3 is 3.00 bits per heavy atom. The molecule has 1 aliphatic rings. The molecule has 1 fully saturated rings. The highest BCUT2D eigenvalue weighted by Gasteiger charge is 2.25. The molecule has 3 rings (SSSR count). The Morgan fingerprint density at radius 1 is 1.48 bits per heavy atom. The van der Waals surface area contributed by atoms with Crippen molar-refractivity contribution >= 4 is 29.0 Å². The van der Waals surface area contributed by atoms with Gasteiger partial charge >= 0.3 is 0 Å². The molecule has 1 aromatic heterocycles. The van der Waals surface area contributed by atoms with Crippen molar-refractivity contribution in [2.24, 2.45) is 0 Å². The fourth-order valence-corrected chi connectivity index (χ4v) is 3.56. The van der Waals surface area contributed by atoms with Gasteiger partial charge in [0, 0.05) is 19.6 Å². The van der Waals surface area contributed by atoms with E-state index in [1.165, 1.54) is 4.57 Å². The van der Waals surface area contributed by atoms with E-state index in [-0.39, 0.29) is 36.6 Å². The predicted molar refractivity (Wildman–Crippen MR) is 99.2 cm³/mol. The summed E-state index contributed by atoms with van der Waals surface area (Å²) in [5.41, 5.74) is 0.543. The zero-order valence-electron chi connectivity index (χ0n) is 14.3. The number of benzene rings is 1. The molecule has 1 amide bonds. The van der Waals surface area contributed by atoms with Crippen LogP contribution in [-0.2, 0) is 16.1 Å². The van der Waals surface area contributed by atoms with Crippen LogP contribution in [0, 0.1) is 4.77 Å². The van der Waals surface area contributed by atoms with Crippen LogP contribution in [0.25, 0.3) is 10.9 Å². The Labute approximate surface area is 151 Å². The van der Waals surface area contributed by atoms with E-state index in [9.17, 15) is 9.59 Å². The van der Waals surface area contributed by atoms with Gasteiger partial charge in [-0.2, -0.15) is 0 Å². The van der Waals surface area contributed by atoms with E-state index in [1.807, 2.05) is 25.1 Å². The average molecular weight is 361 g/mol. The van der Waals surface area contributed by atoms with Crippen LogP contribution < -0.4 is 10.9 Å². The third kappa shape index (κ3) is 3.99. The first-order valence-electron chi connectivity index (χ1n) is 8.73. The molecule has 1 aromatic carbocycles. The lowest BCUT2D eigenvalue weighted by Gasteiger charge is -2.23. The molecule has 0 saturated carbocycles. The highest BCUT2D eigenvalue weighted by Crippen LogP contribution is 2.17. The van der Waals surface area contributed by atoms with Crippen LogP contribution in [0.4, 0.5) is 0 Å². The van der Waals surface area contributed by atoms with Crippen molar-refractivity contribution < 1.29 is 9.53 Å². The molecule has 2 heterocycles. The van der Waals surface area contributed by atoms with Crippen LogP contribution >= 0.6 is 12.2 Å². The molecular formula is C18H23N3O3S. The standard InChI is InChI=1S/C18H23N3O3S/c1-2-13(15-8-5-11-24-15)19-16(22)9-10-21-17(23)12-6-3-4-7-14(12)20-18(21)25/h3-4,6-7,13,15H,2,5,8-11H2,1H3,(H,19,22)(H,20,25). The Balaban J connectivity index is 1.69. The van der Waals surface area contributed by atoms with Crippen molar-refractivity contribution in [3.63, 3.8) is 0 Å². The van der Waals surface area contributed by atoms with Gasteiger partial charge in [0.1, 0.15) is 0 Å². The van der Waals surface area contributed by atoms with Crippen LogP contribution in [0.15, 0.2) is 29.1 Å². The quantitative estimate of drug-likeness (QED) is 0.775. The van der Waals surface area contributed by atoms with Gasteiger partial charge in [-0.05, 0) is 43.6 Å². The van der Waals surface area contributed by atoms with Gasteiger partial charge in [-0.15, -0.1) is 0 Å². The lowest BCUT2D eigenvalue weighted by Crippen LogP contribution is -2.43. The molecule has 2 aromatic rings. The summed E-state index contributed by atoms with van der Waals surface area (Å²) < 4.78 is 7.45.